The molecule has 0 bridgehead atoms. The summed E-state index contributed by atoms with van der Waals surface area (Å²) in [7, 11) is 1.54. The second-order valence-corrected chi connectivity index (χ2v) is 6.92. The Hall–Kier alpha value is -3.32. The molecule has 0 aliphatic rings. The van der Waals surface area contributed by atoms with Crippen molar-refractivity contribution in [1.82, 2.24) is 0 Å². The van der Waals surface area contributed by atoms with Crippen LogP contribution in [0.2, 0.25) is 0 Å². The molecule has 7 heteroatoms. The van der Waals surface area contributed by atoms with E-state index in [0.29, 0.717) is 21.5 Å². The fourth-order valence-electron chi connectivity index (χ4n) is 2.54. The first-order valence-electron chi connectivity index (χ1n) is 9.07. The Balaban J connectivity index is 1.55. The Morgan fingerprint density at radius 2 is 1.53 bits per heavy atom. The van der Waals surface area contributed by atoms with Gasteiger partial charge in [-0.15, -0.1) is 0 Å². The molecule has 154 valence electrons. The zero-order chi connectivity index (χ0) is 21.3. The molecule has 0 unspecified atom stereocenters. The Morgan fingerprint density at radius 3 is 2.27 bits per heavy atom. The van der Waals surface area contributed by atoms with Crippen molar-refractivity contribution < 1.29 is 28.5 Å². The monoisotopic (exact) mass is 470 g/mol. The summed E-state index contributed by atoms with van der Waals surface area (Å²) in [5.74, 6) is 0.457. The number of ether oxygens (including phenoxy) is 4. The summed E-state index contributed by atoms with van der Waals surface area (Å²) < 4.78 is 21.8. The van der Waals surface area contributed by atoms with E-state index < -0.39 is 11.9 Å². The van der Waals surface area contributed by atoms with Gasteiger partial charge in [0.2, 0.25) is 0 Å². The largest absolute Gasteiger partial charge is 0.496 e. The van der Waals surface area contributed by atoms with Gasteiger partial charge in [0, 0.05) is 0 Å². The number of methoxy groups -OCH3 is 1. The molecule has 6 nitrogen and oxygen atoms in total. The second-order valence-electron chi connectivity index (χ2n) is 6.06. The van der Waals surface area contributed by atoms with E-state index in [1.165, 1.54) is 13.2 Å². The molecule has 0 radical (unpaired) electrons. The topological polar surface area (TPSA) is 71.1 Å². The minimum atomic E-state index is -0.555. The van der Waals surface area contributed by atoms with Gasteiger partial charge in [-0.3, -0.25) is 0 Å². The minimum Gasteiger partial charge on any atom is -0.496 e. The van der Waals surface area contributed by atoms with Crippen molar-refractivity contribution in [3.8, 4) is 17.2 Å². The summed E-state index contributed by atoms with van der Waals surface area (Å²) in [6, 6.07) is 20.3. The molecule has 0 N–H and O–H groups in total. The van der Waals surface area contributed by atoms with Crippen LogP contribution in [0.25, 0.3) is 0 Å². The van der Waals surface area contributed by atoms with Crippen molar-refractivity contribution in [2.24, 2.45) is 0 Å². The minimum absolute atomic E-state index is 0.0949. The number of halogens is 1. The van der Waals surface area contributed by atoms with Gasteiger partial charge in [0.1, 0.15) is 30.5 Å². The van der Waals surface area contributed by atoms with Crippen molar-refractivity contribution in [3.63, 3.8) is 0 Å². The molecule has 0 fully saturated rings. The highest BCUT2D eigenvalue weighted by Crippen LogP contribution is 2.26. The predicted octanol–water partition coefficient (Wildman–Crippen LogP) is 4.91. The van der Waals surface area contributed by atoms with E-state index in [1.807, 2.05) is 30.3 Å². The number of carbonyl (C=O) groups excluding carboxylic acids is 2. The van der Waals surface area contributed by atoms with E-state index in [4.69, 9.17) is 18.9 Å². The average molecular weight is 471 g/mol. The van der Waals surface area contributed by atoms with Crippen LogP contribution >= 0.6 is 15.9 Å². The van der Waals surface area contributed by atoms with Crippen LogP contribution in [0.4, 0.5) is 0 Å². The van der Waals surface area contributed by atoms with E-state index in [0.717, 1.165) is 0 Å². The molecule has 0 atom stereocenters. The quantitative estimate of drug-likeness (QED) is 0.264. The van der Waals surface area contributed by atoms with Crippen molar-refractivity contribution in [1.29, 1.82) is 0 Å². The molecule has 3 rings (SSSR count). The van der Waals surface area contributed by atoms with E-state index in [9.17, 15) is 9.59 Å². The summed E-state index contributed by atoms with van der Waals surface area (Å²) in [6.45, 7) is 0.328. The number of carbonyl (C=O) groups is 2. The molecular formula is C23H19BrO6. The molecule has 0 saturated carbocycles. The summed E-state index contributed by atoms with van der Waals surface area (Å²) in [5.41, 5.74) is 0.615. The summed E-state index contributed by atoms with van der Waals surface area (Å²) in [5, 5.41) is 0. The van der Waals surface area contributed by atoms with Crippen LogP contribution in [0.1, 0.15) is 20.7 Å². The third kappa shape index (κ3) is 5.84. The molecule has 0 amide bonds. The van der Waals surface area contributed by atoms with Crippen LogP contribution in [0, 0.1) is 0 Å². The first kappa shape index (κ1) is 21.4. The molecule has 30 heavy (non-hydrogen) atoms. The first-order chi connectivity index (χ1) is 14.6. The first-order valence-corrected chi connectivity index (χ1v) is 9.87. The van der Waals surface area contributed by atoms with Gasteiger partial charge < -0.3 is 18.9 Å². The van der Waals surface area contributed by atoms with E-state index in [2.05, 4.69) is 15.9 Å². The van der Waals surface area contributed by atoms with Gasteiger partial charge in [-0.05, 0) is 64.5 Å². The Labute approximate surface area is 182 Å². The lowest BCUT2D eigenvalue weighted by molar-refractivity contribution is 0.0449. The Morgan fingerprint density at radius 1 is 0.800 bits per heavy atom. The molecule has 0 saturated heterocycles. The number of hydrogen-bond acceptors (Lipinski definition) is 6. The van der Waals surface area contributed by atoms with Crippen LogP contribution in [0.3, 0.4) is 0 Å². The van der Waals surface area contributed by atoms with Crippen LogP contribution in [-0.2, 0) is 4.74 Å². The molecule has 0 heterocycles. The van der Waals surface area contributed by atoms with Gasteiger partial charge in [0.25, 0.3) is 0 Å². The standard InChI is InChI=1S/C23H19BrO6/c1-27-21-11-10-17(15-20(21)24)23(26)30-19-9-5-6-16(14-19)22(25)29-13-12-28-18-7-3-2-4-8-18/h2-11,14-15H,12-13H2,1H3. The van der Waals surface area contributed by atoms with E-state index in [1.54, 1.807) is 36.4 Å². The predicted molar refractivity (Wildman–Crippen MR) is 114 cm³/mol. The number of para-hydroxylation sites is 1. The third-order valence-electron chi connectivity index (χ3n) is 4.00. The van der Waals surface area contributed by atoms with Gasteiger partial charge in [-0.1, -0.05) is 24.3 Å². The van der Waals surface area contributed by atoms with Gasteiger partial charge in [-0.25, -0.2) is 9.59 Å². The van der Waals surface area contributed by atoms with Gasteiger partial charge in [0.15, 0.2) is 0 Å². The number of hydrogen-bond donors (Lipinski definition) is 0. The summed E-state index contributed by atoms with van der Waals surface area (Å²) >= 11 is 3.33. The molecule has 3 aromatic rings. The Kier molecular flexibility index (Phi) is 7.45. The number of esters is 2. The molecule has 0 aliphatic heterocycles. The number of benzene rings is 3. The summed E-state index contributed by atoms with van der Waals surface area (Å²) in [4.78, 5) is 24.6. The highest BCUT2D eigenvalue weighted by molar-refractivity contribution is 9.10. The molecule has 0 aromatic heterocycles. The van der Waals surface area contributed by atoms with Gasteiger partial charge in [-0.2, -0.15) is 0 Å². The average Bonchev–Trinajstić information content (AvgIpc) is 2.77. The van der Waals surface area contributed by atoms with Crippen molar-refractivity contribution in [3.05, 3.63) is 88.4 Å². The normalized spacial score (nSPS) is 10.2. The van der Waals surface area contributed by atoms with Crippen molar-refractivity contribution >= 4 is 27.9 Å². The molecule has 3 aromatic carbocycles. The Bertz CT molecular complexity index is 1020. The second kappa shape index (κ2) is 10.5. The lowest BCUT2D eigenvalue weighted by atomic mass is 10.2. The maximum atomic E-state index is 12.4. The molecule has 0 spiro atoms. The van der Waals surface area contributed by atoms with E-state index >= 15 is 0 Å². The zero-order valence-corrected chi connectivity index (χ0v) is 17.8. The molecular weight excluding hydrogens is 452 g/mol. The smallest absolute Gasteiger partial charge is 0.343 e. The number of rotatable bonds is 8. The fourth-order valence-corrected chi connectivity index (χ4v) is 3.08. The van der Waals surface area contributed by atoms with Crippen LogP contribution < -0.4 is 14.2 Å². The lowest BCUT2D eigenvalue weighted by Gasteiger charge is -2.09. The van der Waals surface area contributed by atoms with Crippen LogP contribution in [-0.4, -0.2) is 32.3 Å². The van der Waals surface area contributed by atoms with E-state index in [-0.39, 0.29) is 24.5 Å². The maximum Gasteiger partial charge on any atom is 0.343 e. The lowest BCUT2D eigenvalue weighted by Crippen LogP contribution is -2.13. The van der Waals surface area contributed by atoms with Crippen LogP contribution in [0.5, 0.6) is 17.2 Å². The van der Waals surface area contributed by atoms with Gasteiger partial charge >= 0.3 is 11.9 Å². The fraction of sp³-hybridized carbons (Fsp3) is 0.130. The highest BCUT2D eigenvalue weighted by atomic mass is 79.9. The van der Waals surface area contributed by atoms with Gasteiger partial charge in [0.05, 0.1) is 22.7 Å². The zero-order valence-electron chi connectivity index (χ0n) is 16.2. The SMILES string of the molecule is COc1ccc(C(=O)Oc2cccc(C(=O)OCCOc3ccccc3)c2)cc1Br. The highest BCUT2D eigenvalue weighted by Gasteiger charge is 2.14. The maximum absolute atomic E-state index is 12.4. The van der Waals surface area contributed by atoms with Crippen LogP contribution in [0.15, 0.2) is 77.3 Å². The van der Waals surface area contributed by atoms with Crippen molar-refractivity contribution in [2.75, 3.05) is 20.3 Å². The third-order valence-corrected chi connectivity index (χ3v) is 4.62. The molecule has 0 aliphatic carbocycles. The van der Waals surface area contributed by atoms with Crippen molar-refractivity contribution in [2.45, 2.75) is 0 Å². The summed E-state index contributed by atoms with van der Waals surface area (Å²) in [6.07, 6.45) is 0.